The summed E-state index contributed by atoms with van der Waals surface area (Å²) in [5.74, 6) is -0.350. The van der Waals surface area contributed by atoms with Crippen molar-refractivity contribution in [2.75, 3.05) is 5.32 Å². The van der Waals surface area contributed by atoms with Crippen molar-refractivity contribution in [2.45, 2.75) is 17.2 Å². The second-order valence-corrected chi connectivity index (χ2v) is 9.81. The molecule has 0 saturated carbocycles. The first-order valence-electron chi connectivity index (χ1n) is 8.66. The van der Waals surface area contributed by atoms with E-state index < -0.39 is 9.84 Å². The maximum Gasteiger partial charge on any atom is 0.244 e. The van der Waals surface area contributed by atoms with Gasteiger partial charge in [0.2, 0.25) is 5.91 Å². The monoisotopic (exact) mass is 445 g/mol. The lowest BCUT2D eigenvalue weighted by Gasteiger charge is -2.09. The third-order valence-corrected chi connectivity index (χ3v) is 7.18. The Morgan fingerprint density at radius 3 is 2.66 bits per heavy atom. The number of amides is 1. The van der Waals surface area contributed by atoms with Gasteiger partial charge in [-0.2, -0.15) is 0 Å². The smallest absolute Gasteiger partial charge is 0.244 e. The molecule has 0 saturated heterocycles. The van der Waals surface area contributed by atoms with Crippen LogP contribution in [0.4, 0.5) is 5.69 Å². The van der Waals surface area contributed by atoms with Crippen molar-refractivity contribution in [1.29, 1.82) is 0 Å². The van der Waals surface area contributed by atoms with Crippen molar-refractivity contribution in [1.82, 2.24) is 9.55 Å². The number of aromatic nitrogens is 2. The molecule has 0 atom stereocenters. The number of thiazole rings is 1. The normalized spacial score (nSPS) is 11.6. The number of carbonyl (C=O) groups excluding carboxylic acids is 1. The third kappa shape index (κ3) is 4.50. The summed E-state index contributed by atoms with van der Waals surface area (Å²) in [5, 5.41) is 6.68. The molecule has 2 heterocycles. The number of benzene rings is 2. The molecule has 6 nitrogen and oxygen atoms in total. The Labute approximate surface area is 176 Å². The Kier molecular flexibility index (Phi) is 5.40. The van der Waals surface area contributed by atoms with E-state index in [9.17, 15) is 13.2 Å². The molecule has 0 radical (unpaired) electrons. The molecule has 4 aromatic rings. The first-order valence-corrected chi connectivity index (χ1v) is 11.6. The van der Waals surface area contributed by atoms with E-state index in [2.05, 4.69) is 10.3 Å². The summed E-state index contributed by atoms with van der Waals surface area (Å²) in [5.41, 5.74) is 1.44. The number of hydrogen-bond donors (Lipinski definition) is 1. The molecule has 2 aromatic heterocycles. The fourth-order valence-electron chi connectivity index (χ4n) is 2.98. The number of rotatable bonds is 6. The van der Waals surface area contributed by atoms with Gasteiger partial charge in [0, 0.05) is 39.4 Å². The van der Waals surface area contributed by atoms with Gasteiger partial charge in [-0.05, 0) is 48.5 Å². The average Bonchev–Trinajstić information content (AvgIpc) is 3.31. The van der Waals surface area contributed by atoms with Gasteiger partial charge in [-0.1, -0.05) is 11.6 Å². The Bertz CT molecular complexity index is 1260. The van der Waals surface area contributed by atoms with Crippen LogP contribution >= 0.6 is 22.9 Å². The second-order valence-electron chi connectivity index (χ2n) is 6.40. The molecule has 9 heteroatoms. The quantitative estimate of drug-likeness (QED) is 0.478. The van der Waals surface area contributed by atoms with Gasteiger partial charge in [-0.25, -0.2) is 13.4 Å². The first-order chi connectivity index (χ1) is 13.9. The van der Waals surface area contributed by atoms with Gasteiger partial charge in [-0.15, -0.1) is 11.3 Å². The summed E-state index contributed by atoms with van der Waals surface area (Å²) < 4.78 is 26.7. The molecule has 2 aromatic carbocycles. The lowest BCUT2D eigenvalue weighted by Crippen LogP contribution is -2.18. The molecule has 0 aliphatic rings. The number of sulfone groups is 1. The molecule has 0 bridgehead atoms. The summed E-state index contributed by atoms with van der Waals surface area (Å²) in [6.07, 6.45) is 3.41. The predicted octanol–water partition coefficient (Wildman–Crippen LogP) is 4.36. The van der Waals surface area contributed by atoms with Crippen LogP contribution in [-0.4, -0.2) is 23.9 Å². The number of halogens is 1. The van der Waals surface area contributed by atoms with Crippen molar-refractivity contribution in [3.05, 3.63) is 76.3 Å². The van der Waals surface area contributed by atoms with Crippen molar-refractivity contribution in [3.63, 3.8) is 0 Å². The summed E-state index contributed by atoms with van der Waals surface area (Å²) in [7, 11) is -3.48. The predicted molar refractivity (Wildman–Crippen MR) is 115 cm³/mol. The summed E-state index contributed by atoms with van der Waals surface area (Å²) in [4.78, 5) is 16.6. The fourth-order valence-corrected chi connectivity index (χ4v) is 5.42. The van der Waals surface area contributed by atoms with Gasteiger partial charge < -0.3 is 9.88 Å². The van der Waals surface area contributed by atoms with E-state index in [1.807, 2.05) is 29.0 Å². The van der Waals surface area contributed by atoms with Crippen LogP contribution in [0.15, 0.2) is 71.2 Å². The van der Waals surface area contributed by atoms with E-state index in [1.54, 1.807) is 29.8 Å². The van der Waals surface area contributed by atoms with Crippen molar-refractivity contribution in [2.24, 2.45) is 0 Å². The zero-order chi connectivity index (χ0) is 20.4. The molecular weight excluding hydrogens is 430 g/mol. The fraction of sp³-hybridized carbons (Fsp3) is 0.100. The van der Waals surface area contributed by atoms with Crippen LogP contribution in [0.1, 0.15) is 5.01 Å². The maximum atomic E-state index is 12.5. The van der Waals surface area contributed by atoms with Gasteiger partial charge in [0.25, 0.3) is 0 Å². The average molecular weight is 446 g/mol. The molecule has 0 aliphatic carbocycles. The van der Waals surface area contributed by atoms with Gasteiger partial charge in [0.1, 0.15) is 17.3 Å². The Morgan fingerprint density at radius 1 is 1.14 bits per heavy atom. The zero-order valence-electron chi connectivity index (χ0n) is 15.1. The minimum absolute atomic E-state index is 0.134. The third-order valence-electron chi connectivity index (χ3n) is 4.34. The van der Waals surface area contributed by atoms with E-state index in [0.717, 1.165) is 10.9 Å². The van der Waals surface area contributed by atoms with Gasteiger partial charge in [-0.3, -0.25) is 4.79 Å². The number of hydrogen-bond acceptors (Lipinski definition) is 5. The van der Waals surface area contributed by atoms with E-state index in [1.165, 1.54) is 23.5 Å². The van der Waals surface area contributed by atoms with Crippen LogP contribution in [-0.2, 0) is 26.9 Å². The summed E-state index contributed by atoms with van der Waals surface area (Å²) >= 11 is 7.29. The standard InChI is InChI=1S/C20H16ClN3O3S2/c21-15-1-6-18-14(11-15)7-9-24(18)12-19(25)23-16-2-4-17(5-3-16)29(26,27)13-20-22-8-10-28-20/h1-11H,12-13H2,(H,23,25). The first kappa shape index (κ1) is 19.6. The van der Waals surface area contributed by atoms with Crippen LogP contribution in [0, 0.1) is 0 Å². The highest BCUT2D eigenvalue weighted by molar-refractivity contribution is 7.90. The van der Waals surface area contributed by atoms with E-state index >= 15 is 0 Å². The molecule has 148 valence electrons. The van der Waals surface area contributed by atoms with Crippen molar-refractivity contribution < 1.29 is 13.2 Å². The molecule has 0 unspecified atom stereocenters. The molecule has 1 N–H and O–H groups in total. The number of fused-ring (bicyclic) bond motifs is 1. The topological polar surface area (TPSA) is 81.1 Å². The number of carbonyl (C=O) groups is 1. The van der Waals surface area contributed by atoms with Crippen LogP contribution in [0.3, 0.4) is 0 Å². The van der Waals surface area contributed by atoms with Crippen LogP contribution < -0.4 is 5.32 Å². The zero-order valence-corrected chi connectivity index (χ0v) is 17.5. The Balaban J connectivity index is 1.43. The molecule has 29 heavy (non-hydrogen) atoms. The lowest BCUT2D eigenvalue weighted by atomic mass is 10.2. The molecular formula is C20H16ClN3O3S2. The molecule has 0 spiro atoms. The largest absolute Gasteiger partial charge is 0.338 e. The molecule has 0 fully saturated rings. The molecule has 4 rings (SSSR count). The number of anilines is 1. The highest BCUT2D eigenvalue weighted by atomic mass is 35.5. The van der Waals surface area contributed by atoms with Gasteiger partial charge in [0.05, 0.1) is 4.90 Å². The van der Waals surface area contributed by atoms with E-state index in [4.69, 9.17) is 11.6 Å². The van der Waals surface area contributed by atoms with Crippen LogP contribution in [0.25, 0.3) is 10.9 Å². The van der Waals surface area contributed by atoms with Crippen LogP contribution in [0.2, 0.25) is 5.02 Å². The maximum absolute atomic E-state index is 12.5. The highest BCUT2D eigenvalue weighted by Crippen LogP contribution is 2.22. The van der Waals surface area contributed by atoms with Crippen LogP contribution in [0.5, 0.6) is 0 Å². The highest BCUT2D eigenvalue weighted by Gasteiger charge is 2.17. The second kappa shape index (κ2) is 7.98. The number of nitrogens with zero attached hydrogens (tertiary/aromatic N) is 2. The van der Waals surface area contributed by atoms with Crippen molar-refractivity contribution >= 4 is 55.3 Å². The summed E-state index contributed by atoms with van der Waals surface area (Å²) in [6.45, 7) is 0.134. The van der Waals surface area contributed by atoms with E-state index in [-0.39, 0.29) is 23.1 Å². The van der Waals surface area contributed by atoms with E-state index in [0.29, 0.717) is 15.7 Å². The minimum Gasteiger partial charge on any atom is -0.338 e. The molecule has 1 amide bonds. The SMILES string of the molecule is O=C(Cn1ccc2cc(Cl)ccc21)Nc1ccc(S(=O)(=O)Cc2nccs2)cc1. The molecule has 0 aliphatic heterocycles. The number of nitrogens with one attached hydrogen (secondary N) is 1. The van der Waals surface area contributed by atoms with Crippen molar-refractivity contribution in [3.8, 4) is 0 Å². The summed E-state index contributed by atoms with van der Waals surface area (Å²) in [6, 6.07) is 13.5. The minimum atomic E-state index is -3.48. The Morgan fingerprint density at radius 2 is 1.93 bits per heavy atom. The van der Waals surface area contributed by atoms with Gasteiger partial charge >= 0.3 is 0 Å². The van der Waals surface area contributed by atoms with Gasteiger partial charge in [0.15, 0.2) is 9.84 Å². The lowest BCUT2D eigenvalue weighted by molar-refractivity contribution is -0.116. The Hall–Kier alpha value is -2.68.